The molecule has 3 rings (SSSR count). The van der Waals surface area contributed by atoms with Gasteiger partial charge < -0.3 is 20.6 Å². The highest BCUT2D eigenvalue weighted by Crippen LogP contribution is 2.33. The lowest BCUT2D eigenvalue weighted by atomic mass is 10.1. The van der Waals surface area contributed by atoms with Crippen LogP contribution in [-0.2, 0) is 15.8 Å². The smallest absolute Gasteiger partial charge is 0.416 e. The molecule has 3 atom stereocenters. The summed E-state index contributed by atoms with van der Waals surface area (Å²) in [7, 11) is 0. The average Bonchev–Trinajstić information content (AvgIpc) is 3.21. The number of carbonyl (C=O) groups excluding carboxylic acids is 3. The molecule has 2 aromatic rings. The Kier molecular flexibility index (Phi) is 10.2. The summed E-state index contributed by atoms with van der Waals surface area (Å²) in [6.45, 7) is 7.81. The molecule has 1 heterocycles. The van der Waals surface area contributed by atoms with Crippen LogP contribution in [-0.4, -0.2) is 62.7 Å². The van der Waals surface area contributed by atoms with E-state index in [0.717, 1.165) is 36.4 Å². The Morgan fingerprint density at radius 3 is 2.29 bits per heavy atom. The minimum atomic E-state index is -4.58. The predicted octanol–water partition coefficient (Wildman–Crippen LogP) is 4.90. The second-order valence-electron chi connectivity index (χ2n) is 10.0. The SMILES string of the molecule is CC(C)CCN1C(=NC(=O)c2ccc(NC(=O)c3cccc(C(F)(F)F)c3)cc2)SC(C(=O)N[C@@H](C)C(=O)O)C1C. The van der Waals surface area contributed by atoms with E-state index in [1.54, 1.807) is 0 Å². The van der Waals surface area contributed by atoms with Gasteiger partial charge in [-0.15, -0.1) is 0 Å². The molecule has 3 amide bonds. The number of amidine groups is 1. The van der Waals surface area contributed by atoms with Crippen LogP contribution < -0.4 is 10.6 Å². The van der Waals surface area contributed by atoms with Crippen molar-refractivity contribution in [2.75, 3.05) is 11.9 Å². The summed E-state index contributed by atoms with van der Waals surface area (Å²) in [6, 6.07) is 8.33. The van der Waals surface area contributed by atoms with Crippen LogP contribution in [0.1, 0.15) is 60.4 Å². The molecular weight excluding hydrogens is 561 g/mol. The van der Waals surface area contributed by atoms with E-state index < -0.39 is 46.7 Å². The molecule has 0 spiro atoms. The molecule has 0 aliphatic carbocycles. The Morgan fingerprint density at radius 1 is 1.05 bits per heavy atom. The van der Waals surface area contributed by atoms with E-state index in [2.05, 4.69) is 15.6 Å². The van der Waals surface area contributed by atoms with E-state index in [1.807, 2.05) is 25.7 Å². The van der Waals surface area contributed by atoms with E-state index in [4.69, 9.17) is 5.11 Å². The number of hydrogen-bond acceptors (Lipinski definition) is 5. The number of amides is 3. The van der Waals surface area contributed by atoms with Crippen molar-refractivity contribution in [3.05, 3.63) is 65.2 Å². The van der Waals surface area contributed by atoms with Crippen molar-refractivity contribution in [3.63, 3.8) is 0 Å². The quantitative estimate of drug-likeness (QED) is 0.378. The van der Waals surface area contributed by atoms with Crippen LogP contribution in [0.5, 0.6) is 0 Å². The Bertz CT molecular complexity index is 1330. The zero-order valence-electron chi connectivity index (χ0n) is 22.9. The number of carboxylic acids is 1. The van der Waals surface area contributed by atoms with E-state index >= 15 is 0 Å². The van der Waals surface area contributed by atoms with Crippen molar-refractivity contribution in [1.29, 1.82) is 0 Å². The maximum atomic E-state index is 13.0. The first-order valence-corrected chi connectivity index (χ1v) is 13.7. The number of alkyl halides is 3. The number of thioether (sulfide) groups is 1. The first kappa shape index (κ1) is 31.7. The van der Waals surface area contributed by atoms with Gasteiger partial charge in [-0.1, -0.05) is 31.7 Å². The van der Waals surface area contributed by atoms with Crippen LogP contribution >= 0.6 is 11.8 Å². The molecule has 1 aliphatic heterocycles. The van der Waals surface area contributed by atoms with Crippen molar-refractivity contribution in [1.82, 2.24) is 10.2 Å². The first-order chi connectivity index (χ1) is 19.2. The normalized spacial score (nSPS) is 18.8. The molecule has 1 fully saturated rings. The van der Waals surface area contributed by atoms with Gasteiger partial charge in [0.05, 0.1) is 5.56 Å². The molecule has 220 valence electrons. The number of carboxylic acid groups (broad SMARTS) is 1. The zero-order valence-corrected chi connectivity index (χ0v) is 23.7. The van der Waals surface area contributed by atoms with Gasteiger partial charge >= 0.3 is 12.1 Å². The lowest BCUT2D eigenvalue weighted by Crippen LogP contribution is -2.47. The van der Waals surface area contributed by atoms with Crippen molar-refractivity contribution in [3.8, 4) is 0 Å². The van der Waals surface area contributed by atoms with E-state index in [-0.39, 0.29) is 22.9 Å². The molecular formula is C28H31F3N4O5S. The van der Waals surface area contributed by atoms with Gasteiger partial charge in [0.1, 0.15) is 11.3 Å². The third kappa shape index (κ3) is 8.32. The Hall–Kier alpha value is -3.87. The van der Waals surface area contributed by atoms with Gasteiger partial charge in [0, 0.05) is 29.4 Å². The molecule has 41 heavy (non-hydrogen) atoms. The van der Waals surface area contributed by atoms with Crippen LogP contribution in [0.25, 0.3) is 0 Å². The zero-order chi connectivity index (χ0) is 30.5. The van der Waals surface area contributed by atoms with E-state index in [1.165, 1.54) is 37.3 Å². The van der Waals surface area contributed by atoms with Crippen molar-refractivity contribution >= 4 is 46.3 Å². The minimum absolute atomic E-state index is 0.170. The van der Waals surface area contributed by atoms with Gasteiger partial charge in [0.15, 0.2) is 5.17 Å². The molecule has 3 N–H and O–H groups in total. The number of aliphatic carboxylic acids is 1. The number of nitrogens with zero attached hydrogens (tertiary/aromatic N) is 2. The van der Waals surface area contributed by atoms with Gasteiger partial charge in [-0.05, 0) is 68.7 Å². The molecule has 9 nitrogen and oxygen atoms in total. The molecule has 0 saturated carbocycles. The fourth-order valence-electron chi connectivity index (χ4n) is 3.92. The summed E-state index contributed by atoms with van der Waals surface area (Å²) in [5, 5.41) is 13.8. The first-order valence-electron chi connectivity index (χ1n) is 12.9. The molecule has 0 aromatic heterocycles. The minimum Gasteiger partial charge on any atom is -0.480 e. The molecule has 1 saturated heterocycles. The number of aliphatic imine (C=N–C) groups is 1. The number of hydrogen-bond donors (Lipinski definition) is 3. The maximum Gasteiger partial charge on any atom is 0.416 e. The third-order valence-electron chi connectivity index (χ3n) is 6.38. The van der Waals surface area contributed by atoms with Gasteiger partial charge in [0.2, 0.25) is 5.91 Å². The summed E-state index contributed by atoms with van der Waals surface area (Å²) in [4.78, 5) is 55.6. The van der Waals surface area contributed by atoms with Gasteiger partial charge in [0.25, 0.3) is 11.8 Å². The predicted molar refractivity (Wildman–Crippen MR) is 150 cm³/mol. The fourth-order valence-corrected chi connectivity index (χ4v) is 5.20. The molecule has 2 unspecified atom stereocenters. The molecule has 2 aromatic carbocycles. The second kappa shape index (κ2) is 13.2. The standard InChI is InChI=1S/C28H31F3N4O5S/c1-15(2)12-13-35-17(4)22(25(38)32-16(3)26(39)40)41-27(35)34-23(36)18-8-10-21(11-9-18)33-24(37)19-6-5-7-20(14-19)28(29,30)31/h5-11,14-17,22H,12-13H2,1-4H3,(H,32,38)(H,33,37)(H,39,40)/t16-,17?,22?/m0/s1. The molecule has 13 heteroatoms. The number of rotatable bonds is 9. The summed E-state index contributed by atoms with van der Waals surface area (Å²) in [6.07, 6.45) is -3.81. The van der Waals surface area contributed by atoms with Crippen molar-refractivity contribution < 1.29 is 37.5 Å². The summed E-state index contributed by atoms with van der Waals surface area (Å²) >= 11 is 1.09. The molecule has 0 bridgehead atoms. The monoisotopic (exact) mass is 592 g/mol. The topological polar surface area (TPSA) is 128 Å². The Morgan fingerprint density at radius 2 is 1.71 bits per heavy atom. The highest BCUT2D eigenvalue weighted by Gasteiger charge is 2.41. The largest absolute Gasteiger partial charge is 0.480 e. The number of nitrogens with one attached hydrogen (secondary N) is 2. The summed E-state index contributed by atoms with van der Waals surface area (Å²) in [5.74, 6) is -2.61. The maximum absolute atomic E-state index is 13.0. The number of benzene rings is 2. The van der Waals surface area contributed by atoms with Crippen LogP contribution in [0.4, 0.5) is 18.9 Å². The Labute approximate surface area is 239 Å². The van der Waals surface area contributed by atoms with Crippen LogP contribution in [0.3, 0.4) is 0 Å². The van der Waals surface area contributed by atoms with Crippen molar-refractivity contribution in [2.45, 2.75) is 57.6 Å². The second-order valence-corrected chi connectivity index (χ2v) is 11.1. The number of carbonyl (C=O) groups is 4. The fraction of sp³-hybridized carbons (Fsp3) is 0.393. The van der Waals surface area contributed by atoms with E-state index in [9.17, 15) is 32.3 Å². The van der Waals surface area contributed by atoms with Crippen LogP contribution in [0, 0.1) is 5.92 Å². The summed E-state index contributed by atoms with van der Waals surface area (Å²) < 4.78 is 38.9. The van der Waals surface area contributed by atoms with Crippen LogP contribution in [0.2, 0.25) is 0 Å². The lowest BCUT2D eigenvalue weighted by molar-refractivity contribution is -0.141. The third-order valence-corrected chi connectivity index (χ3v) is 7.78. The number of halogens is 3. The van der Waals surface area contributed by atoms with E-state index in [0.29, 0.717) is 17.6 Å². The van der Waals surface area contributed by atoms with Gasteiger partial charge in [-0.2, -0.15) is 18.2 Å². The van der Waals surface area contributed by atoms with Crippen LogP contribution in [0.15, 0.2) is 53.5 Å². The lowest BCUT2D eigenvalue weighted by Gasteiger charge is -2.26. The number of anilines is 1. The molecule has 0 radical (unpaired) electrons. The van der Waals surface area contributed by atoms with Gasteiger partial charge in [-0.25, -0.2) is 0 Å². The highest BCUT2D eigenvalue weighted by atomic mass is 32.2. The molecule has 1 aliphatic rings. The Balaban J connectivity index is 1.75. The van der Waals surface area contributed by atoms with Gasteiger partial charge in [-0.3, -0.25) is 19.2 Å². The average molecular weight is 593 g/mol. The van der Waals surface area contributed by atoms with Crippen molar-refractivity contribution in [2.24, 2.45) is 10.9 Å². The highest BCUT2D eigenvalue weighted by molar-refractivity contribution is 8.15. The summed E-state index contributed by atoms with van der Waals surface area (Å²) in [5.41, 5.74) is -0.651.